The van der Waals surface area contributed by atoms with Crippen LogP contribution in [0.5, 0.6) is 0 Å². The average Bonchev–Trinajstić information content (AvgIpc) is 2.35. The van der Waals surface area contributed by atoms with Crippen LogP contribution in [0.4, 0.5) is 0 Å². The minimum Gasteiger partial charge on any atom is -0.469 e. The van der Waals surface area contributed by atoms with Gasteiger partial charge >= 0.3 is 5.97 Å². The number of hydrogen-bond donors (Lipinski definition) is 0. The van der Waals surface area contributed by atoms with Crippen molar-refractivity contribution in [1.29, 1.82) is 0 Å². The number of carbonyl (C=O) groups is 3. The smallest absolute Gasteiger partial charge is 0.306 e. The number of benzene rings is 1. The topological polar surface area (TPSA) is 60.4 Å². The Morgan fingerprint density at radius 3 is 2.24 bits per heavy atom. The fraction of sp³-hybridized carbons (Fsp3) is 0.308. The number of ether oxygens (including phenoxy) is 1. The quantitative estimate of drug-likeness (QED) is 0.441. The van der Waals surface area contributed by atoms with Crippen molar-refractivity contribution in [1.82, 2.24) is 0 Å². The summed E-state index contributed by atoms with van der Waals surface area (Å²) in [6.07, 6.45) is -0.209. The zero-order chi connectivity index (χ0) is 12.8. The van der Waals surface area contributed by atoms with E-state index in [4.69, 9.17) is 0 Å². The summed E-state index contributed by atoms with van der Waals surface area (Å²) in [5.74, 6) is -2.19. The molecule has 0 aliphatic heterocycles. The summed E-state index contributed by atoms with van der Waals surface area (Å²) >= 11 is 0. The molecular weight excluding hydrogens is 220 g/mol. The second-order valence-electron chi connectivity index (χ2n) is 3.67. The molecule has 4 heteroatoms. The minimum absolute atomic E-state index is 0.209. The van der Waals surface area contributed by atoms with Crippen molar-refractivity contribution in [2.24, 2.45) is 5.92 Å². The van der Waals surface area contributed by atoms with Crippen molar-refractivity contribution in [3.63, 3.8) is 0 Å². The highest BCUT2D eigenvalue weighted by molar-refractivity contribution is 6.11. The highest BCUT2D eigenvalue weighted by Crippen LogP contribution is 2.14. The number of esters is 1. The monoisotopic (exact) mass is 234 g/mol. The summed E-state index contributed by atoms with van der Waals surface area (Å²) < 4.78 is 4.47. The number of carbonyl (C=O) groups excluding carboxylic acids is 3. The molecule has 0 aliphatic rings. The minimum atomic E-state index is -0.954. The summed E-state index contributed by atoms with van der Waals surface area (Å²) in [6, 6.07) is 8.44. The van der Waals surface area contributed by atoms with E-state index in [9.17, 15) is 14.4 Å². The fourth-order valence-corrected chi connectivity index (χ4v) is 1.47. The van der Waals surface area contributed by atoms with Crippen LogP contribution in [-0.4, -0.2) is 24.6 Å². The van der Waals surface area contributed by atoms with Crippen molar-refractivity contribution in [2.75, 3.05) is 7.11 Å². The van der Waals surface area contributed by atoms with E-state index in [1.165, 1.54) is 14.0 Å². The maximum Gasteiger partial charge on any atom is 0.306 e. The van der Waals surface area contributed by atoms with E-state index in [-0.39, 0.29) is 18.0 Å². The van der Waals surface area contributed by atoms with Crippen LogP contribution in [0.2, 0.25) is 0 Å². The molecule has 4 nitrogen and oxygen atoms in total. The number of hydrogen-bond acceptors (Lipinski definition) is 4. The fourth-order valence-electron chi connectivity index (χ4n) is 1.47. The van der Waals surface area contributed by atoms with Crippen LogP contribution in [-0.2, 0) is 14.3 Å². The molecule has 0 spiro atoms. The Bertz CT molecular complexity index is 422. The Morgan fingerprint density at radius 1 is 1.18 bits per heavy atom. The SMILES string of the molecule is COC(=O)CC(C(C)=O)C(=O)c1ccccc1. The first kappa shape index (κ1) is 13.1. The van der Waals surface area contributed by atoms with Gasteiger partial charge in [0.05, 0.1) is 19.4 Å². The first-order chi connectivity index (χ1) is 8.06. The van der Waals surface area contributed by atoms with Gasteiger partial charge in [-0.25, -0.2) is 0 Å². The highest BCUT2D eigenvalue weighted by Gasteiger charge is 2.27. The molecule has 90 valence electrons. The van der Waals surface area contributed by atoms with Crippen molar-refractivity contribution >= 4 is 17.5 Å². The largest absolute Gasteiger partial charge is 0.469 e. The van der Waals surface area contributed by atoms with Crippen LogP contribution in [0.25, 0.3) is 0 Å². The Balaban J connectivity index is 2.89. The van der Waals surface area contributed by atoms with Crippen LogP contribution in [0.15, 0.2) is 30.3 Å². The Morgan fingerprint density at radius 2 is 1.76 bits per heavy atom. The van der Waals surface area contributed by atoms with E-state index in [1.54, 1.807) is 30.3 Å². The third-order valence-electron chi connectivity index (χ3n) is 2.46. The van der Waals surface area contributed by atoms with Crippen LogP contribution in [0.1, 0.15) is 23.7 Å². The van der Waals surface area contributed by atoms with Crippen LogP contribution < -0.4 is 0 Å². The molecular formula is C13H14O4. The molecule has 0 heterocycles. The lowest BCUT2D eigenvalue weighted by Gasteiger charge is -2.11. The van der Waals surface area contributed by atoms with Crippen LogP contribution in [0, 0.1) is 5.92 Å². The van der Waals surface area contributed by atoms with Crippen LogP contribution >= 0.6 is 0 Å². The van der Waals surface area contributed by atoms with Crippen LogP contribution in [0.3, 0.4) is 0 Å². The molecule has 0 fully saturated rings. The van der Waals surface area contributed by atoms with Gasteiger partial charge in [0.1, 0.15) is 5.78 Å². The summed E-state index contributed by atoms with van der Waals surface area (Å²) in [6.45, 7) is 1.30. The highest BCUT2D eigenvalue weighted by atomic mass is 16.5. The zero-order valence-electron chi connectivity index (χ0n) is 9.80. The lowest BCUT2D eigenvalue weighted by Crippen LogP contribution is -2.25. The predicted octanol–water partition coefficient (Wildman–Crippen LogP) is 1.64. The second-order valence-corrected chi connectivity index (χ2v) is 3.67. The Kier molecular flexibility index (Phi) is 4.57. The lowest BCUT2D eigenvalue weighted by atomic mass is 9.91. The third-order valence-corrected chi connectivity index (χ3v) is 2.46. The van der Waals surface area contributed by atoms with E-state index in [0.717, 1.165) is 0 Å². The first-order valence-electron chi connectivity index (χ1n) is 5.22. The van der Waals surface area contributed by atoms with E-state index in [2.05, 4.69) is 4.74 Å². The maximum atomic E-state index is 12.0. The standard InChI is InChI=1S/C13H14O4/c1-9(14)11(8-12(15)17-2)13(16)10-6-4-3-5-7-10/h3-7,11H,8H2,1-2H3. The van der Waals surface area contributed by atoms with E-state index in [0.29, 0.717) is 5.56 Å². The molecule has 0 radical (unpaired) electrons. The van der Waals surface area contributed by atoms with Crippen molar-refractivity contribution < 1.29 is 19.1 Å². The van der Waals surface area contributed by atoms with E-state index < -0.39 is 11.9 Å². The van der Waals surface area contributed by atoms with Gasteiger partial charge in [0.25, 0.3) is 0 Å². The van der Waals surface area contributed by atoms with Gasteiger partial charge in [0.2, 0.25) is 0 Å². The maximum absolute atomic E-state index is 12.0. The van der Waals surface area contributed by atoms with Gasteiger partial charge in [-0.2, -0.15) is 0 Å². The van der Waals surface area contributed by atoms with E-state index in [1.807, 2.05) is 0 Å². The summed E-state index contributed by atoms with van der Waals surface area (Å²) in [7, 11) is 1.23. The molecule has 1 aromatic carbocycles. The molecule has 1 aromatic rings. The van der Waals surface area contributed by atoms with Gasteiger partial charge in [-0.15, -0.1) is 0 Å². The Labute approximate surface area is 99.6 Å². The Hall–Kier alpha value is -1.97. The number of ketones is 2. The molecule has 0 aliphatic carbocycles. The van der Waals surface area contributed by atoms with Gasteiger partial charge in [-0.05, 0) is 6.92 Å². The number of methoxy groups -OCH3 is 1. The number of rotatable bonds is 5. The molecule has 17 heavy (non-hydrogen) atoms. The number of Topliss-reactive ketones (excluding diaryl/α,β-unsaturated/α-hetero) is 2. The van der Waals surface area contributed by atoms with Crippen molar-refractivity contribution in [3.8, 4) is 0 Å². The molecule has 1 atom stereocenters. The molecule has 0 amide bonds. The van der Waals surface area contributed by atoms with Gasteiger partial charge in [0.15, 0.2) is 5.78 Å². The second kappa shape index (κ2) is 5.94. The van der Waals surface area contributed by atoms with Gasteiger partial charge < -0.3 is 4.74 Å². The molecule has 0 saturated carbocycles. The average molecular weight is 234 g/mol. The molecule has 1 unspecified atom stereocenters. The molecule has 0 bridgehead atoms. The summed E-state index contributed by atoms with van der Waals surface area (Å²) in [5.41, 5.74) is 0.427. The first-order valence-corrected chi connectivity index (χ1v) is 5.22. The molecule has 0 aromatic heterocycles. The van der Waals surface area contributed by atoms with E-state index >= 15 is 0 Å². The summed E-state index contributed by atoms with van der Waals surface area (Å²) in [5, 5.41) is 0. The molecule has 0 saturated heterocycles. The zero-order valence-corrected chi connectivity index (χ0v) is 9.80. The third kappa shape index (κ3) is 3.52. The normalized spacial score (nSPS) is 11.6. The summed E-state index contributed by atoms with van der Waals surface area (Å²) in [4.78, 5) is 34.5. The van der Waals surface area contributed by atoms with Crippen molar-refractivity contribution in [3.05, 3.63) is 35.9 Å². The van der Waals surface area contributed by atoms with Gasteiger partial charge in [0, 0.05) is 5.56 Å². The molecule has 1 rings (SSSR count). The lowest BCUT2D eigenvalue weighted by molar-refractivity contribution is -0.143. The van der Waals surface area contributed by atoms with Gasteiger partial charge in [-0.1, -0.05) is 30.3 Å². The predicted molar refractivity (Wildman–Crippen MR) is 61.6 cm³/mol. The van der Waals surface area contributed by atoms with Gasteiger partial charge in [-0.3, -0.25) is 14.4 Å². The van der Waals surface area contributed by atoms with Crippen molar-refractivity contribution in [2.45, 2.75) is 13.3 Å². The molecule has 0 N–H and O–H groups in total.